The topological polar surface area (TPSA) is 51.0 Å². The lowest BCUT2D eigenvalue weighted by Gasteiger charge is -2.28. The van der Waals surface area contributed by atoms with Crippen LogP contribution >= 0.6 is 0 Å². The Kier molecular flexibility index (Phi) is 5.55. The Balaban J connectivity index is 1.81. The second kappa shape index (κ2) is 8.30. The Morgan fingerprint density at radius 2 is 1.87 bits per heavy atom. The number of benzene rings is 2. The molecule has 0 fully saturated rings. The predicted molar refractivity (Wildman–Crippen MR) is 120 cm³/mol. The highest BCUT2D eigenvalue weighted by Gasteiger charge is 2.24. The molecule has 4 rings (SSSR count). The molecule has 1 amide bonds. The fraction of sp³-hybridized carbons (Fsp3) is 0.240. The molecule has 4 aromatic rings. The van der Waals surface area contributed by atoms with Gasteiger partial charge >= 0.3 is 0 Å². The van der Waals surface area contributed by atoms with E-state index in [1.807, 2.05) is 57.4 Å². The lowest BCUT2D eigenvalue weighted by molar-refractivity contribution is 0.0728. The summed E-state index contributed by atoms with van der Waals surface area (Å²) in [7, 11) is 3.66. The first kappa shape index (κ1) is 20.7. The zero-order chi connectivity index (χ0) is 22.1. The number of amides is 1. The van der Waals surface area contributed by atoms with Gasteiger partial charge in [-0.2, -0.15) is 5.10 Å². The van der Waals surface area contributed by atoms with Gasteiger partial charge in [0.15, 0.2) is 0 Å². The van der Waals surface area contributed by atoms with Gasteiger partial charge in [-0.3, -0.25) is 9.48 Å². The van der Waals surface area contributed by atoms with E-state index in [4.69, 9.17) is 4.98 Å². The molecular formula is C25H25FN4O. The molecule has 0 aliphatic heterocycles. The summed E-state index contributed by atoms with van der Waals surface area (Å²) in [5.41, 5.74) is 4.73. The number of carbonyl (C=O) groups is 1. The maximum Gasteiger partial charge on any atom is 0.254 e. The number of pyridine rings is 1. The Labute approximate surface area is 181 Å². The number of hydrogen-bond donors (Lipinski definition) is 0. The summed E-state index contributed by atoms with van der Waals surface area (Å²) in [6.45, 7) is 3.95. The Morgan fingerprint density at radius 3 is 2.52 bits per heavy atom. The zero-order valence-electron chi connectivity index (χ0n) is 18.1. The minimum Gasteiger partial charge on any atom is -0.335 e. The van der Waals surface area contributed by atoms with Crippen molar-refractivity contribution in [2.24, 2.45) is 7.05 Å². The van der Waals surface area contributed by atoms with Crippen LogP contribution in [-0.4, -0.2) is 32.6 Å². The van der Waals surface area contributed by atoms with Crippen molar-refractivity contribution in [2.75, 3.05) is 7.05 Å². The van der Waals surface area contributed by atoms with Gasteiger partial charge in [-0.1, -0.05) is 37.3 Å². The summed E-state index contributed by atoms with van der Waals surface area (Å²) >= 11 is 0. The molecule has 0 N–H and O–H groups in total. The van der Waals surface area contributed by atoms with E-state index in [0.29, 0.717) is 12.0 Å². The van der Waals surface area contributed by atoms with E-state index < -0.39 is 0 Å². The second-order valence-electron chi connectivity index (χ2n) is 7.77. The van der Waals surface area contributed by atoms with Crippen LogP contribution in [0.1, 0.15) is 41.0 Å². The number of nitrogens with zero attached hydrogens (tertiary/aromatic N) is 4. The number of aryl methyl sites for hydroxylation is 2. The third-order valence-electron chi connectivity index (χ3n) is 5.67. The third-order valence-corrected chi connectivity index (χ3v) is 5.67. The van der Waals surface area contributed by atoms with E-state index in [9.17, 15) is 9.18 Å². The molecule has 0 saturated carbocycles. The standard InChI is InChI=1S/C25H25FN4O/c1-5-24(17-10-12-18(26)13-11-17)30(4)25(31)20-14-23(21-15-29(3)28-16(21)2)27-22-9-7-6-8-19(20)22/h6-15,24H,5H2,1-4H3/t24-/m0/s1. The molecule has 0 aliphatic carbocycles. The molecule has 0 saturated heterocycles. The van der Waals surface area contributed by atoms with Crippen molar-refractivity contribution in [2.45, 2.75) is 26.3 Å². The molecule has 158 valence electrons. The molecule has 6 heteroatoms. The molecule has 2 aromatic heterocycles. The van der Waals surface area contributed by atoms with Crippen LogP contribution in [-0.2, 0) is 7.05 Å². The number of carbonyl (C=O) groups excluding carboxylic acids is 1. The highest BCUT2D eigenvalue weighted by Crippen LogP contribution is 2.30. The van der Waals surface area contributed by atoms with E-state index in [1.54, 1.807) is 28.8 Å². The first-order valence-corrected chi connectivity index (χ1v) is 10.3. The van der Waals surface area contributed by atoms with Crippen molar-refractivity contribution in [3.8, 4) is 11.3 Å². The Hall–Kier alpha value is -3.54. The maximum absolute atomic E-state index is 13.7. The molecule has 0 spiro atoms. The summed E-state index contributed by atoms with van der Waals surface area (Å²) in [5.74, 6) is -0.387. The van der Waals surface area contributed by atoms with E-state index in [0.717, 1.165) is 33.4 Å². The number of rotatable bonds is 5. The van der Waals surface area contributed by atoms with Crippen LogP contribution in [0.25, 0.3) is 22.2 Å². The zero-order valence-corrected chi connectivity index (χ0v) is 18.1. The van der Waals surface area contributed by atoms with Crippen molar-refractivity contribution in [1.29, 1.82) is 0 Å². The lowest BCUT2D eigenvalue weighted by atomic mass is 10.00. The summed E-state index contributed by atoms with van der Waals surface area (Å²) in [6.07, 6.45) is 2.63. The van der Waals surface area contributed by atoms with Crippen LogP contribution in [0.4, 0.5) is 4.39 Å². The van der Waals surface area contributed by atoms with E-state index in [2.05, 4.69) is 5.10 Å². The molecule has 2 aromatic carbocycles. The summed E-state index contributed by atoms with van der Waals surface area (Å²) in [5, 5.41) is 5.22. The van der Waals surface area contributed by atoms with Gasteiger partial charge in [0, 0.05) is 31.2 Å². The maximum atomic E-state index is 13.7. The van der Waals surface area contributed by atoms with Crippen LogP contribution in [0.5, 0.6) is 0 Å². The number of para-hydroxylation sites is 1. The van der Waals surface area contributed by atoms with Gasteiger partial charge in [0.25, 0.3) is 5.91 Å². The van der Waals surface area contributed by atoms with E-state index >= 15 is 0 Å². The smallest absolute Gasteiger partial charge is 0.254 e. The molecule has 1 atom stereocenters. The van der Waals surface area contributed by atoms with Gasteiger partial charge in [-0.25, -0.2) is 9.37 Å². The first-order chi connectivity index (χ1) is 14.9. The van der Waals surface area contributed by atoms with Crippen molar-refractivity contribution in [1.82, 2.24) is 19.7 Å². The first-order valence-electron chi connectivity index (χ1n) is 10.3. The summed E-state index contributed by atoms with van der Waals surface area (Å²) in [6, 6.07) is 15.7. The van der Waals surface area contributed by atoms with Crippen LogP contribution in [0.2, 0.25) is 0 Å². The number of aromatic nitrogens is 3. The largest absolute Gasteiger partial charge is 0.335 e. The van der Waals surface area contributed by atoms with Gasteiger partial charge in [0.05, 0.1) is 28.5 Å². The summed E-state index contributed by atoms with van der Waals surface area (Å²) in [4.78, 5) is 20.2. The molecule has 0 bridgehead atoms. The molecular weight excluding hydrogens is 391 g/mol. The fourth-order valence-electron chi connectivity index (χ4n) is 4.09. The van der Waals surface area contributed by atoms with Gasteiger partial charge < -0.3 is 4.90 Å². The normalized spacial score (nSPS) is 12.2. The van der Waals surface area contributed by atoms with Crippen molar-refractivity contribution in [3.05, 3.63) is 83.4 Å². The highest BCUT2D eigenvalue weighted by molar-refractivity contribution is 6.07. The van der Waals surface area contributed by atoms with Crippen LogP contribution in [0.15, 0.2) is 60.8 Å². The lowest BCUT2D eigenvalue weighted by Crippen LogP contribution is -2.31. The van der Waals surface area contributed by atoms with Gasteiger partial charge in [-0.15, -0.1) is 0 Å². The Morgan fingerprint density at radius 1 is 1.16 bits per heavy atom. The average Bonchev–Trinajstić information content (AvgIpc) is 3.12. The van der Waals surface area contributed by atoms with Crippen LogP contribution in [0, 0.1) is 12.7 Å². The molecule has 0 unspecified atom stereocenters. The van der Waals surface area contributed by atoms with Crippen molar-refractivity contribution in [3.63, 3.8) is 0 Å². The van der Waals surface area contributed by atoms with Crippen molar-refractivity contribution < 1.29 is 9.18 Å². The minimum absolute atomic E-state index is 0.0995. The predicted octanol–water partition coefficient (Wildman–Crippen LogP) is 5.31. The van der Waals surface area contributed by atoms with Crippen LogP contribution < -0.4 is 0 Å². The second-order valence-corrected chi connectivity index (χ2v) is 7.77. The molecule has 0 aliphatic rings. The molecule has 5 nitrogen and oxygen atoms in total. The van der Waals surface area contributed by atoms with Crippen molar-refractivity contribution >= 4 is 16.8 Å². The fourth-order valence-corrected chi connectivity index (χ4v) is 4.09. The highest BCUT2D eigenvalue weighted by atomic mass is 19.1. The molecule has 2 heterocycles. The summed E-state index contributed by atoms with van der Waals surface area (Å²) < 4.78 is 15.1. The van der Waals surface area contributed by atoms with E-state index in [1.165, 1.54) is 12.1 Å². The minimum atomic E-state index is -0.288. The van der Waals surface area contributed by atoms with E-state index in [-0.39, 0.29) is 17.8 Å². The third kappa shape index (κ3) is 3.93. The van der Waals surface area contributed by atoms with Crippen LogP contribution in [0.3, 0.4) is 0 Å². The Bertz CT molecular complexity index is 1250. The van der Waals surface area contributed by atoms with Gasteiger partial charge in [0.1, 0.15) is 5.82 Å². The monoisotopic (exact) mass is 416 g/mol. The SMILES string of the molecule is CC[C@@H](c1ccc(F)cc1)N(C)C(=O)c1cc(-c2cn(C)nc2C)nc2ccccc12. The number of fused-ring (bicyclic) bond motifs is 1. The number of halogens is 1. The van der Waals surface area contributed by atoms with Gasteiger partial charge in [0.2, 0.25) is 0 Å². The molecule has 0 radical (unpaired) electrons. The molecule has 31 heavy (non-hydrogen) atoms. The number of hydrogen-bond acceptors (Lipinski definition) is 3. The quantitative estimate of drug-likeness (QED) is 0.443. The van der Waals surface area contributed by atoms with Gasteiger partial charge in [-0.05, 0) is 43.2 Å². The average molecular weight is 417 g/mol.